The molecule has 2 N–H and O–H groups in total. The molecule has 1 aromatic heterocycles. The fourth-order valence-corrected chi connectivity index (χ4v) is 3.10. The van der Waals surface area contributed by atoms with E-state index in [1.165, 1.54) is 4.90 Å². The molecule has 0 saturated heterocycles. The summed E-state index contributed by atoms with van der Waals surface area (Å²) >= 11 is 1.68. The van der Waals surface area contributed by atoms with E-state index in [0.29, 0.717) is 11.6 Å². The fourth-order valence-electron chi connectivity index (χ4n) is 2.16. The summed E-state index contributed by atoms with van der Waals surface area (Å²) in [5.41, 5.74) is 1.74. The normalized spacial score (nSPS) is 10.4. The molecule has 122 valence electrons. The molecule has 0 aliphatic carbocycles. The van der Waals surface area contributed by atoms with E-state index < -0.39 is 0 Å². The van der Waals surface area contributed by atoms with Crippen molar-refractivity contribution < 1.29 is 9.32 Å². The standard InChI is InChI=1S/C18H17N3O2S/c1-12-10-15(24-14-6-4-3-5-7-14)8-9-16(12)19-18(22)20-17-11-13(2)23-21-17/h3-11H,1-2H3,(H2,19,20,21,22). The largest absolute Gasteiger partial charge is 0.360 e. The molecule has 0 radical (unpaired) electrons. The lowest BCUT2D eigenvalue weighted by Crippen LogP contribution is -2.20. The Morgan fingerprint density at radius 2 is 1.79 bits per heavy atom. The predicted molar refractivity (Wildman–Crippen MR) is 95.6 cm³/mol. The highest BCUT2D eigenvalue weighted by Crippen LogP contribution is 2.30. The number of carbonyl (C=O) groups excluding carboxylic acids is 1. The molecule has 1 heterocycles. The Bertz CT molecular complexity index is 846. The maximum Gasteiger partial charge on any atom is 0.324 e. The quantitative estimate of drug-likeness (QED) is 0.695. The lowest BCUT2D eigenvalue weighted by Gasteiger charge is -2.10. The summed E-state index contributed by atoms with van der Waals surface area (Å²) in [7, 11) is 0. The highest BCUT2D eigenvalue weighted by atomic mass is 32.2. The molecule has 3 aromatic rings. The molecule has 0 aliphatic rings. The number of benzene rings is 2. The first kappa shape index (κ1) is 16.1. The fraction of sp³-hybridized carbons (Fsp3) is 0.111. The van der Waals surface area contributed by atoms with Crippen LogP contribution in [0.15, 0.2) is 68.9 Å². The first-order valence-corrected chi connectivity index (χ1v) is 8.27. The number of urea groups is 1. The van der Waals surface area contributed by atoms with Crippen molar-refractivity contribution in [3.8, 4) is 0 Å². The second-order valence-corrected chi connectivity index (χ2v) is 6.44. The third kappa shape index (κ3) is 4.17. The van der Waals surface area contributed by atoms with Gasteiger partial charge in [0.1, 0.15) is 5.76 Å². The minimum Gasteiger partial charge on any atom is -0.360 e. The van der Waals surface area contributed by atoms with E-state index >= 15 is 0 Å². The van der Waals surface area contributed by atoms with Crippen LogP contribution in [0.1, 0.15) is 11.3 Å². The first-order valence-electron chi connectivity index (χ1n) is 7.45. The van der Waals surface area contributed by atoms with Gasteiger partial charge in [0.05, 0.1) is 0 Å². The lowest BCUT2D eigenvalue weighted by atomic mass is 10.2. The van der Waals surface area contributed by atoms with Crippen molar-refractivity contribution >= 4 is 29.3 Å². The number of aromatic nitrogens is 1. The minimum atomic E-state index is -0.352. The zero-order chi connectivity index (χ0) is 16.9. The number of nitrogens with one attached hydrogen (secondary N) is 2. The van der Waals surface area contributed by atoms with Crippen LogP contribution in [0.25, 0.3) is 0 Å². The molecule has 2 amide bonds. The second-order valence-electron chi connectivity index (χ2n) is 5.29. The summed E-state index contributed by atoms with van der Waals surface area (Å²) in [6.45, 7) is 3.73. The summed E-state index contributed by atoms with van der Waals surface area (Å²) < 4.78 is 4.92. The van der Waals surface area contributed by atoms with Crippen LogP contribution < -0.4 is 10.6 Å². The van der Waals surface area contributed by atoms with Gasteiger partial charge in [0.25, 0.3) is 0 Å². The van der Waals surface area contributed by atoms with Gasteiger partial charge in [0.2, 0.25) is 0 Å². The Hall–Kier alpha value is -2.73. The van der Waals surface area contributed by atoms with Gasteiger partial charge < -0.3 is 9.84 Å². The van der Waals surface area contributed by atoms with E-state index in [0.717, 1.165) is 16.1 Å². The van der Waals surface area contributed by atoms with Crippen LogP contribution >= 0.6 is 11.8 Å². The second kappa shape index (κ2) is 7.23. The molecule has 6 heteroatoms. The van der Waals surface area contributed by atoms with Gasteiger partial charge in [0.15, 0.2) is 5.82 Å². The molecule has 24 heavy (non-hydrogen) atoms. The van der Waals surface area contributed by atoms with Gasteiger partial charge in [-0.1, -0.05) is 35.1 Å². The molecule has 2 aromatic carbocycles. The monoisotopic (exact) mass is 339 g/mol. The van der Waals surface area contributed by atoms with Crippen molar-refractivity contribution in [3.63, 3.8) is 0 Å². The van der Waals surface area contributed by atoms with Crippen LogP contribution in [0.2, 0.25) is 0 Å². The smallest absolute Gasteiger partial charge is 0.324 e. The summed E-state index contributed by atoms with van der Waals surface area (Å²) in [4.78, 5) is 14.3. The van der Waals surface area contributed by atoms with E-state index in [4.69, 9.17) is 4.52 Å². The summed E-state index contributed by atoms with van der Waals surface area (Å²) in [5, 5.41) is 9.18. The number of nitrogens with zero attached hydrogens (tertiary/aromatic N) is 1. The average Bonchev–Trinajstić information content (AvgIpc) is 2.96. The Kier molecular flexibility index (Phi) is 4.86. The highest BCUT2D eigenvalue weighted by Gasteiger charge is 2.08. The van der Waals surface area contributed by atoms with Crippen LogP contribution in [0, 0.1) is 13.8 Å². The van der Waals surface area contributed by atoms with Crippen molar-refractivity contribution in [2.45, 2.75) is 23.6 Å². The topological polar surface area (TPSA) is 67.2 Å². The third-order valence-corrected chi connectivity index (χ3v) is 4.29. The molecule has 3 rings (SSSR count). The van der Waals surface area contributed by atoms with Crippen LogP contribution in [0.3, 0.4) is 0 Å². The zero-order valence-electron chi connectivity index (χ0n) is 13.4. The van der Waals surface area contributed by atoms with Crippen LogP contribution in [-0.2, 0) is 0 Å². The number of hydrogen-bond donors (Lipinski definition) is 2. The van der Waals surface area contributed by atoms with Gasteiger partial charge in [0, 0.05) is 21.5 Å². The number of hydrogen-bond acceptors (Lipinski definition) is 4. The summed E-state index contributed by atoms with van der Waals surface area (Å²) in [6.07, 6.45) is 0. The summed E-state index contributed by atoms with van der Waals surface area (Å²) in [5.74, 6) is 1.03. The molecule has 0 fully saturated rings. The van der Waals surface area contributed by atoms with Gasteiger partial charge in [-0.15, -0.1) is 0 Å². The van der Waals surface area contributed by atoms with Gasteiger partial charge in [-0.25, -0.2) is 4.79 Å². The highest BCUT2D eigenvalue weighted by molar-refractivity contribution is 7.99. The lowest BCUT2D eigenvalue weighted by molar-refractivity contribution is 0.262. The minimum absolute atomic E-state index is 0.352. The van der Waals surface area contributed by atoms with Crippen molar-refractivity contribution in [2.24, 2.45) is 0 Å². The van der Waals surface area contributed by atoms with Gasteiger partial charge in [-0.3, -0.25) is 5.32 Å². The van der Waals surface area contributed by atoms with E-state index in [1.54, 1.807) is 24.8 Å². The van der Waals surface area contributed by atoms with Crippen molar-refractivity contribution in [2.75, 3.05) is 10.6 Å². The molecular weight excluding hydrogens is 322 g/mol. The maximum atomic E-state index is 12.0. The van der Waals surface area contributed by atoms with Crippen molar-refractivity contribution in [1.82, 2.24) is 5.16 Å². The molecule has 5 nitrogen and oxygen atoms in total. The number of amides is 2. The van der Waals surface area contributed by atoms with Gasteiger partial charge >= 0.3 is 6.03 Å². The maximum absolute atomic E-state index is 12.0. The van der Waals surface area contributed by atoms with E-state index in [-0.39, 0.29) is 6.03 Å². The molecule has 0 atom stereocenters. The molecular formula is C18H17N3O2S. The number of rotatable bonds is 4. The van der Waals surface area contributed by atoms with E-state index in [9.17, 15) is 4.79 Å². The number of carbonyl (C=O) groups is 1. The van der Waals surface area contributed by atoms with Gasteiger partial charge in [-0.05, 0) is 49.7 Å². The van der Waals surface area contributed by atoms with Crippen LogP contribution in [0.4, 0.5) is 16.3 Å². The zero-order valence-corrected chi connectivity index (χ0v) is 14.2. The van der Waals surface area contributed by atoms with E-state index in [1.807, 2.05) is 43.3 Å². The summed E-state index contributed by atoms with van der Waals surface area (Å²) in [6, 6.07) is 17.4. The molecule has 0 saturated carbocycles. The first-order chi connectivity index (χ1) is 11.6. The molecule has 0 unspecified atom stereocenters. The Morgan fingerprint density at radius 3 is 2.46 bits per heavy atom. The van der Waals surface area contributed by atoms with Gasteiger partial charge in [-0.2, -0.15) is 0 Å². The Balaban J connectivity index is 1.65. The van der Waals surface area contributed by atoms with E-state index in [2.05, 4.69) is 27.9 Å². The SMILES string of the molecule is Cc1cc(NC(=O)Nc2ccc(Sc3ccccc3)cc2C)no1. The van der Waals surface area contributed by atoms with Crippen molar-refractivity contribution in [3.05, 3.63) is 65.9 Å². The Morgan fingerprint density at radius 1 is 1.00 bits per heavy atom. The molecule has 0 aliphatic heterocycles. The average molecular weight is 339 g/mol. The van der Waals surface area contributed by atoms with Crippen LogP contribution in [0.5, 0.6) is 0 Å². The number of anilines is 2. The van der Waals surface area contributed by atoms with Crippen molar-refractivity contribution in [1.29, 1.82) is 0 Å². The predicted octanol–water partition coefficient (Wildman–Crippen LogP) is 5.09. The number of aryl methyl sites for hydroxylation is 2. The third-order valence-electron chi connectivity index (χ3n) is 3.29. The molecule has 0 bridgehead atoms. The Labute approximate surface area is 144 Å². The molecule has 0 spiro atoms. The van der Waals surface area contributed by atoms with Crippen LogP contribution in [-0.4, -0.2) is 11.2 Å².